The zero-order valence-corrected chi connectivity index (χ0v) is 8.88. The van der Waals surface area contributed by atoms with Crippen molar-refractivity contribution < 1.29 is 9.47 Å². The van der Waals surface area contributed by atoms with Crippen LogP contribution in [0.3, 0.4) is 0 Å². The predicted octanol–water partition coefficient (Wildman–Crippen LogP) is 3.02. The van der Waals surface area contributed by atoms with Gasteiger partial charge < -0.3 is 9.47 Å². The summed E-state index contributed by atoms with van der Waals surface area (Å²) in [6, 6.07) is 3.45. The van der Waals surface area contributed by atoms with E-state index in [2.05, 4.69) is 20.8 Å². The topological polar surface area (TPSA) is 22.8 Å². The molecular formula is C9H8BrNO2. The summed E-state index contributed by atoms with van der Waals surface area (Å²) >= 11 is 3.28. The molecule has 0 aliphatic rings. The van der Waals surface area contributed by atoms with Gasteiger partial charge >= 0.3 is 0 Å². The van der Waals surface area contributed by atoms with Crippen LogP contribution in [-0.2, 0) is 0 Å². The Kier molecular flexibility index (Phi) is 3.15. The SMILES string of the molecule is [C-]#[N+]c1cc(Br)cc(OC)c1OC. The number of benzene rings is 1. The Morgan fingerprint density at radius 2 is 2.00 bits per heavy atom. The molecule has 0 spiro atoms. The fourth-order valence-corrected chi connectivity index (χ4v) is 1.42. The third kappa shape index (κ3) is 1.93. The van der Waals surface area contributed by atoms with Crippen molar-refractivity contribution in [2.24, 2.45) is 0 Å². The summed E-state index contributed by atoms with van der Waals surface area (Å²) in [7, 11) is 3.05. The smallest absolute Gasteiger partial charge is 0.233 e. The molecule has 1 aromatic rings. The summed E-state index contributed by atoms with van der Waals surface area (Å²) in [5.74, 6) is 1.03. The normalized spacial score (nSPS) is 9.08. The minimum atomic E-state index is 0.439. The van der Waals surface area contributed by atoms with E-state index in [1.54, 1.807) is 12.1 Å². The minimum absolute atomic E-state index is 0.439. The fraction of sp³-hybridized carbons (Fsp3) is 0.222. The van der Waals surface area contributed by atoms with Crippen LogP contribution < -0.4 is 9.47 Å². The number of hydrogen-bond acceptors (Lipinski definition) is 2. The molecule has 68 valence electrons. The van der Waals surface area contributed by atoms with Gasteiger partial charge in [0.15, 0.2) is 11.5 Å². The number of hydrogen-bond donors (Lipinski definition) is 0. The predicted molar refractivity (Wildman–Crippen MR) is 53.5 cm³/mol. The molecule has 4 heteroatoms. The van der Waals surface area contributed by atoms with Crippen LogP contribution >= 0.6 is 15.9 Å². The average molecular weight is 242 g/mol. The van der Waals surface area contributed by atoms with Gasteiger partial charge in [-0.2, -0.15) is 0 Å². The van der Waals surface area contributed by atoms with Gasteiger partial charge in [0.05, 0.1) is 20.8 Å². The van der Waals surface area contributed by atoms with Crippen LogP contribution in [0.15, 0.2) is 16.6 Å². The van der Waals surface area contributed by atoms with E-state index in [9.17, 15) is 0 Å². The van der Waals surface area contributed by atoms with E-state index < -0.39 is 0 Å². The van der Waals surface area contributed by atoms with Crippen LogP contribution in [0, 0.1) is 6.57 Å². The summed E-state index contributed by atoms with van der Waals surface area (Å²) in [5, 5.41) is 0. The molecule has 0 fully saturated rings. The molecule has 0 atom stereocenters. The first-order chi connectivity index (χ1) is 6.22. The molecule has 0 N–H and O–H groups in total. The van der Waals surface area contributed by atoms with Crippen LogP contribution in [0.4, 0.5) is 5.69 Å². The molecule has 0 radical (unpaired) electrons. The lowest BCUT2D eigenvalue weighted by Gasteiger charge is -2.09. The molecule has 0 saturated heterocycles. The molecule has 0 amide bonds. The Hall–Kier alpha value is -1.21. The molecule has 0 unspecified atom stereocenters. The van der Waals surface area contributed by atoms with Crippen LogP contribution in [0.1, 0.15) is 0 Å². The number of nitrogens with zero attached hydrogens (tertiary/aromatic N) is 1. The summed E-state index contributed by atoms with van der Waals surface area (Å²) < 4.78 is 10.9. The van der Waals surface area contributed by atoms with Crippen molar-refractivity contribution in [1.82, 2.24) is 0 Å². The maximum atomic E-state index is 6.92. The van der Waals surface area contributed by atoms with Crippen molar-refractivity contribution in [3.05, 3.63) is 28.0 Å². The molecule has 3 nitrogen and oxygen atoms in total. The Labute approximate surface area is 85.2 Å². The summed E-state index contributed by atoms with van der Waals surface area (Å²) in [5.41, 5.74) is 0.439. The standard InChI is InChI=1S/C9H8BrNO2/c1-11-7-4-6(10)5-8(12-2)9(7)13-3/h4-5H,2-3H3. The van der Waals surface area contributed by atoms with Crippen molar-refractivity contribution in [3.8, 4) is 11.5 Å². The molecule has 0 aromatic heterocycles. The largest absolute Gasteiger partial charge is 0.504 e. The first-order valence-corrected chi connectivity index (χ1v) is 4.31. The highest BCUT2D eigenvalue weighted by molar-refractivity contribution is 9.10. The third-order valence-electron chi connectivity index (χ3n) is 1.54. The number of methoxy groups -OCH3 is 2. The van der Waals surface area contributed by atoms with Gasteiger partial charge in [0.1, 0.15) is 0 Å². The third-order valence-corrected chi connectivity index (χ3v) is 2.00. The lowest BCUT2D eigenvalue weighted by atomic mass is 10.3. The fourth-order valence-electron chi connectivity index (χ4n) is 0.995. The van der Waals surface area contributed by atoms with Crippen molar-refractivity contribution in [2.45, 2.75) is 0 Å². The van der Waals surface area contributed by atoms with E-state index in [4.69, 9.17) is 16.0 Å². The Morgan fingerprint density at radius 3 is 2.46 bits per heavy atom. The van der Waals surface area contributed by atoms with Crippen LogP contribution in [0.5, 0.6) is 11.5 Å². The van der Waals surface area contributed by atoms with Gasteiger partial charge in [-0.3, -0.25) is 0 Å². The zero-order valence-electron chi connectivity index (χ0n) is 7.30. The average Bonchev–Trinajstić information content (AvgIpc) is 2.16. The van der Waals surface area contributed by atoms with Gasteiger partial charge in [-0.25, -0.2) is 4.85 Å². The van der Waals surface area contributed by atoms with Crippen LogP contribution in [0.2, 0.25) is 0 Å². The van der Waals surface area contributed by atoms with Crippen LogP contribution in [-0.4, -0.2) is 14.2 Å². The summed E-state index contributed by atoms with van der Waals surface area (Å²) in [6.45, 7) is 6.92. The monoisotopic (exact) mass is 241 g/mol. The second-order valence-corrected chi connectivity index (χ2v) is 3.19. The van der Waals surface area contributed by atoms with E-state index in [0.29, 0.717) is 17.2 Å². The van der Waals surface area contributed by atoms with Crippen molar-refractivity contribution in [2.75, 3.05) is 14.2 Å². The quantitative estimate of drug-likeness (QED) is 0.744. The molecule has 0 aliphatic heterocycles. The Bertz CT molecular complexity index is 357. The second-order valence-electron chi connectivity index (χ2n) is 2.27. The molecular weight excluding hydrogens is 234 g/mol. The first kappa shape index (κ1) is 9.87. The molecule has 0 bridgehead atoms. The van der Waals surface area contributed by atoms with Gasteiger partial charge in [0.2, 0.25) is 5.69 Å². The zero-order chi connectivity index (χ0) is 9.84. The Balaban J connectivity index is 3.36. The lowest BCUT2D eigenvalue weighted by Crippen LogP contribution is -1.90. The minimum Gasteiger partial charge on any atom is -0.504 e. The maximum absolute atomic E-state index is 6.92. The van der Waals surface area contributed by atoms with Crippen molar-refractivity contribution >= 4 is 21.6 Å². The van der Waals surface area contributed by atoms with Crippen LogP contribution in [0.25, 0.3) is 4.85 Å². The lowest BCUT2D eigenvalue weighted by molar-refractivity contribution is 0.356. The first-order valence-electron chi connectivity index (χ1n) is 3.52. The Morgan fingerprint density at radius 1 is 1.31 bits per heavy atom. The van der Waals surface area contributed by atoms with Gasteiger partial charge in [-0.15, -0.1) is 0 Å². The highest BCUT2D eigenvalue weighted by Gasteiger charge is 2.10. The van der Waals surface area contributed by atoms with E-state index in [0.717, 1.165) is 4.47 Å². The molecule has 0 aliphatic carbocycles. The summed E-state index contributed by atoms with van der Waals surface area (Å²) in [4.78, 5) is 3.33. The highest BCUT2D eigenvalue weighted by atomic mass is 79.9. The maximum Gasteiger partial charge on any atom is 0.233 e. The molecule has 1 aromatic carbocycles. The number of halogens is 1. The van der Waals surface area contributed by atoms with Gasteiger partial charge in [-0.05, 0) is 12.1 Å². The van der Waals surface area contributed by atoms with E-state index in [1.807, 2.05) is 0 Å². The van der Waals surface area contributed by atoms with Gasteiger partial charge in [0.25, 0.3) is 0 Å². The molecule has 0 saturated carbocycles. The molecule has 0 heterocycles. The van der Waals surface area contributed by atoms with Crippen molar-refractivity contribution in [1.29, 1.82) is 0 Å². The second kappa shape index (κ2) is 4.15. The van der Waals surface area contributed by atoms with Crippen molar-refractivity contribution in [3.63, 3.8) is 0 Å². The van der Waals surface area contributed by atoms with E-state index in [1.165, 1.54) is 14.2 Å². The molecule has 13 heavy (non-hydrogen) atoms. The molecule has 1 rings (SSSR count). The van der Waals surface area contributed by atoms with Gasteiger partial charge in [-0.1, -0.05) is 15.9 Å². The summed E-state index contributed by atoms with van der Waals surface area (Å²) in [6.07, 6.45) is 0. The highest BCUT2D eigenvalue weighted by Crippen LogP contribution is 2.39. The van der Waals surface area contributed by atoms with E-state index in [-0.39, 0.29) is 0 Å². The number of rotatable bonds is 2. The number of ether oxygens (including phenoxy) is 2. The van der Waals surface area contributed by atoms with E-state index >= 15 is 0 Å². The van der Waals surface area contributed by atoms with Gasteiger partial charge in [0, 0.05) is 4.47 Å².